The molecule has 0 aromatic rings. The Bertz CT molecular complexity index is 332. The highest BCUT2D eigenvalue weighted by atomic mass is 28.4. The molecule has 0 aliphatic carbocycles. The van der Waals surface area contributed by atoms with Crippen LogP contribution in [-0.2, 0) is 13.3 Å². The lowest BCUT2D eigenvalue weighted by Crippen LogP contribution is -2.43. The van der Waals surface area contributed by atoms with Gasteiger partial charge in [0.2, 0.25) is 0 Å². The summed E-state index contributed by atoms with van der Waals surface area (Å²) < 4.78 is 17.4. The number of rotatable bonds is 12. The first-order valence-corrected chi connectivity index (χ1v) is 14.0. The van der Waals surface area contributed by atoms with E-state index in [2.05, 4.69) is 34.2 Å². The first-order valence-electron chi connectivity index (χ1n) is 8.95. The Kier molecular flexibility index (Phi) is 11.0. The topological polar surface area (TPSA) is 48.0 Å². The monoisotopic (exact) mass is 363 g/mol. The molecule has 0 aromatic heterocycles. The van der Waals surface area contributed by atoms with Crippen LogP contribution in [0.3, 0.4) is 0 Å². The average Bonchev–Trinajstić information content (AvgIpc) is 2.57. The lowest BCUT2D eigenvalue weighted by molar-refractivity contribution is 0.158. The highest BCUT2D eigenvalue weighted by Crippen LogP contribution is 2.23. The van der Waals surface area contributed by atoms with Crippen LogP contribution in [0.1, 0.15) is 40.5 Å². The normalized spacial score (nSPS) is 14.4. The minimum Gasteiger partial charge on any atom is -0.503 e. The molecule has 0 aliphatic heterocycles. The van der Waals surface area contributed by atoms with E-state index in [4.69, 9.17) is 13.3 Å². The Morgan fingerprint density at radius 2 is 1.65 bits per heavy atom. The molecule has 23 heavy (non-hydrogen) atoms. The Balaban J connectivity index is 4.37. The summed E-state index contributed by atoms with van der Waals surface area (Å²) in [6.07, 6.45) is 1.71. The Labute approximate surface area is 145 Å². The van der Waals surface area contributed by atoms with Gasteiger partial charge in [-0.1, -0.05) is 27.7 Å². The van der Waals surface area contributed by atoms with Gasteiger partial charge in [0.1, 0.15) is 0 Å². The summed E-state index contributed by atoms with van der Waals surface area (Å²) in [4.78, 5) is 14.0. The van der Waals surface area contributed by atoms with Gasteiger partial charge in [0, 0.05) is 27.3 Å². The second-order valence-electron chi connectivity index (χ2n) is 6.32. The van der Waals surface area contributed by atoms with Crippen molar-refractivity contribution in [3.63, 3.8) is 0 Å². The fourth-order valence-electron chi connectivity index (χ4n) is 2.51. The van der Waals surface area contributed by atoms with Crippen LogP contribution in [0.4, 0.5) is 4.79 Å². The summed E-state index contributed by atoms with van der Waals surface area (Å²) in [5.74, 6) is 0. The maximum atomic E-state index is 12.3. The van der Waals surface area contributed by atoms with Crippen molar-refractivity contribution in [3.8, 4) is 0 Å². The first kappa shape index (κ1) is 22.6. The third kappa shape index (κ3) is 7.82. The van der Waals surface area contributed by atoms with E-state index >= 15 is 0 Å². The maximum Gasteiger partial charge on any atom is 0.395 e. The lowest BCUT2D eigenvalue weighted by atomic mass is 10.4. The van der Waals surface area contributed by atoms with Crippen molar-refractivity contribution < 1.29 is 18.1 Å². The highest BCUT2D eigenvalue weighted by molar-refractivity contribution is 6.74. The Morgan fingerprint density at radius 1 is 1.09 bits per heavy atom. The number of carbonyl (C=O) groups excluding carboxylic acids is 1. The van der Waals surface area contributed by atoms with E-state index in [-0.39, 0.29) is 6.09 Å². The number of hydrogen-bond acceptors (Lipinski definition) is 4. The number of nitrogens with zero attached hydrogens (tertiary/aromatic N) is 1. The van der Waals surface area contributed by atoms with E-state index in [1.165, 1.54) is 0 Å². The van der Waals surface area contributed by atoms with Crippen molar-refractivity contribution >= 4 is 23.0 Å². The van der Waals surface area contributed by atoms with Gasteiger partial charge in [-0.3, -0.25) is 0 Å². The fraction of sp³-hybridized carbons (Fsp3) is 0.938. The quantitative estimate of drug-likeness (QED) is 0.476. The summed E-state index contributed by atoms with van der Waals surface area (Å²) in [6.45, 7) is 12.0. The molecule has 0 rings (SSSR count). The molecule has 0 aromatic carbocycles. The molecule has 5 nitrogen and oxygen atoms in total. The maximum absolute atomic E-state index is 12.3. The molecule has 0 bridgehead atoms. The van der Waals surface area contributed by atoms with Crippen LogP contribution in [0.5, 0.6) is 0 Å². The predicted molar refractivity (Wildman–Crippen MR) is 101 cm³/mol. The Hall–Kier alpha value is -0.376. The van der Waals surface area contributed by atoms with Crippen molar-refractivity contribution in [1.82, 2.24) is 4.90 Å². The molecular formula is C16H37NO4Si2. The molecule has 0 spiro atoms. The molecule has 0 saturated heterocycles. The van der Waals surface area contributed by atoms with Gasteiger partial charge >= 0.3 is 14.7 Å². The number of hydrogen-bond donors (Lipinski definition) is 0. The van der Waals surface area contributed by atoms with Crippen molar-refractivity contribution in [3.05, 3.63) is 0 Å². The van der Waals surface area contributed by atoms with Gasteiger partial charge < -0.3 is 18.2 Å². The van der Waals surface area contributed by atoms with Gasteiger partial charge in [-0.05, 0) is 43.6 Å². The smallest absolute Gasteiger partial charge is 0.395 e. The van der Waals surface area contributed by atoms with E-state index < -0.39 is 16.9 Å². The molecular weight excluding hydrogens is 326 g/mol. The molecule has 138 valence electrons. The molecule has 0 radical (unpaired) electrons. The van der Waals surface area contributed by atoms with Crippen molar-refractivity contribution in [1.29, 1.82) is 0 Å². The number of amides is 1. The second kappa shape index (κ2) is 11.2. The standard InChI is InChI=1S/C16H37NO4Si2/c1-8-14-20-22(7,19-6)15-12-13-17(5)16(18)21-23(9-2,10-3)11-4/h8-15H2,1-7H3. The minimum absolute atomic E-state index is 0.169. The van der Waals surface area contributed by atoms with E-state index in [1.807, 2.05) is 7.05 Å². The molecule has 0 saturated carbocycles. The molecule has 7 heteroatoms. The van der Waals surface area contributed by atoms with Gasteiger partial charge in [0.05, 0.1) is 0 Å². The minimum atomic E-state index is -2.08. The third-order valence-corrected chi connectivity index (χ3v) is 12.1. The second-order valence-corrected chi connectivity index (χ2v) is 14.5. The average molecular weight is 364 g/mol. The third-order valence-electron chi connectivity index (χ3n) is 4.72. The van der Waals surface area contributed by atoms with E-state index in [0.29, 0.717) is 6.54 Å². The summed E-state index contributed by atoms with van der Waals surface area (Å²) in [5, 5.41) is 0. The van der Waals surface area contributed by atoms with E-state index in [1.54, 1.807) is 12.0 Å². The molecule has 1 atom stereocenters. The SMILES string of the molecule is CCCO[Si](C)(CCCN(C)C(=O)O[Si](CC)(CC)CC)OC. The fourth-order valence-corrected chi connectivity index (χ4v) is 6.87. The summed E-state index contributed by atoms with van der Waals surface area (Å²) >= 11 is 0. The van der Waals surface area contributed by atoms with Crippen LogP contribution < -0.4 is 0 Å². The van der Waals surface area contributed by atoms with Crippen molar-refractivity contribution in [2.75, 3.05) is 27.3 Å². The zero-order valence-electron chi connectivity index (χ0n) is 16.2. The van der Waals surface area contributed by atoms with Crippen molar-refractivity contribution in [2.24, 2.45) is 0 Å². The van der Waals surface area contributed by atoms with E-state index in [9.17, 15) is 4.79 Å². The molecule has 1 amide bonds. The first-order chi connectivity index (χ1) is 10.8. The van der Waals surface area contributed by atoms with Gasteiger partial charge in [0.25, 0.3) is 8.32 Å². The zero-order chi connectivity index (χ0) is 17.9. The van der Waals surface area contributed by atoms with Crippen LogP contribution in [0.2, 0.25) is 30.7 Å². The van der Waals surface area contributed by atoms with E-state index in [0.717, 1.165) is 43.6 Å². The van der Waals surface area contributed by atoms with Crippen LogP contribution in [0.25, 0.3) is 0 Å². The molecule has 0 heterocycles. The van der Waals surface area contributed by atoms with Crippen molar-refractivity contribution in [2.45, 2.75) is 71.3 Å². The summed E-state index contributed by atoms with van der Waals surface area (Å²) in [7, 11) is -0.413. The molecule has 0 N–H and O–H groups in total. The van der Waals surface area contributed by atoms with Gasteiger partial charge in [0.15, 0.2) is 0 Å². The van der Waals surface area contributed by atoms with Crippen LogP contribution in [0, 0.1) is 0 Å². The Morgan fingerprint density at radius 3 is 2.09 bits per heavy atom. The summed E-state index contributed by atoms with van der Waals surface area (Å²) in [6, 6.07) is 3.84. The molecule has 0 fully saturated rings. The largest absolute Gasteiger partial charge is 0.503 e. The van der Waals surface area contributed by atoms with Gasteiger partial charge in [-0.2, -0.15) is 0 Å². The van der Waals surface area contributed by atoms with Crippen LogP contribution in [-0.4, -0.2) is 55.2 Å². The zero-order valence-corrected chi connectivity index (χ0v) is 18.2. The van der Waals surface area contributed by atoms with Crippen LogP contribution >= 0.6 is 0 Å². The van der Waals surface area contributed by atoms with Crippen LogP contribution in [0.15, 0.2) is 0 Å². The highest BCUT2D eigenvalue weighted by Gasteiger charge is 2.34. The molecule has 1 unspecified atom stereocenters. The predicted octanol–water partition coefficient (Wildman–Crippen LogP) is 4.60. The lowest BCUT2D eigenvalue weighted by Gasteiger charge is -2.31. The van der Waals surface area contributed by atoms with Gasteiger partial charge in [-0.15, -0.1) is 0 Å². The number of carbonyl (C=O) groups is 1. The molecule has 0 aliphatic rings. The summed E-state index contributed by atoms with van der Waals surface area (Å²) in [5.41, 5.74) is 0. The van der Waals surface area contributed by atoms with Gasteiger partial charge in [-0.25, -0.2) is 4.79 Å².